The minimum atomic E-state index is -0.777. The second kappa shape index (κ2) is 8.01. The summed E-state index contributed by atoms with van der Waals surface area (Å²) in [7, 11) is 0. The summed E-state index contributed by atoms with van der Waals surface area (Å²) < 4.78 is 0. The summed E-state index contributed by atoms with van der Waals surface area (Å²) in [6, 6.07) is 24.2. The molecule has 3 aromatic rings. The Hall–Kier alpha value is -4.06. The number of ketones is 1. The van der Waals surface area contributed by atoms with Crippen molar-refractivity contribution >= 4 is 29.2 Å². The van der Waals surface area contributed by atoms with Crippen LogP contribution in [0.4, 0.5) is 5.69 Å². The summed E-state index contributed by atoms with van der Waals surface area (Å²) in [5.74, 6) is -3.25. The van der Waals surface area contributed by atoms with Crippen molar-refractivity contribution in [3.63, 3.8) is 0 Å². The van der Waals surface area contributed by atoms with Crippen LogP contribution in [0.15, 0.2) is 84.9 Å². The van der Waals surface area contributed by atoms with E-state index in [9.17, 15) is 19.2 Å². The van der Waals surface area contributed by atoms with Crippen LogP contribution >= 0.6 is 0 Å². The quantitative estimate of drug-likeness (QED) is 0.550. The van der Waals surface area contributed by atoms with E-state index in [-0.39, 0.29) is 29.9 Å². The molecule has 1 saturated carbocycles. The molecule has 3 amide bonds. The number of hydrogen-bond donors (Lipinski definition) is 0. The first-order valence-electron chi connectivity index (χ1n) is 11.9. The Kier molecular flexibility index (Phi) is 4.92. The minimum Gasteiger partial charge on any atom is -0.327 e. The van der Waals surface area contributed by atoms with Gasteiger partial charge in [0.2, 0.25) is 11.8 Å². The lowest BCUT2D eigenvalue weighted by molar-refractivity contribution is -0.153. The molecule has 1 aliphatic carbocycles. The van der Waals surface area contributed by atoms with E-state index >= 15 is 0 Å². The van der Waals surface area contributed by atoms with Crippen LogP contribution in [0.5, 0.6) is 0 Å². The Labute approximate surface area is 203 Å². The van der Waals surface area contributed by atoms with E-state index in [2.05, 4.69) is 0 Å². The third kappa shape index (κ3) is 3.16. The fraction of sp³-hybridized carbons (Fsp3) is 0.241. The number of carbonyl (C=O) groups is 4. The third-order valence-corrected chi connectivity index (χ3v) is 7.67. The molecule has 4 fully saturated rings. The Morgan fingerprint density at radius 2 is 1.34 bits per heavy atom. The van der Waals surface area contributed by atoms with Crippen LogP contribution in [0.2, 0.25) is 0 Å². The van der Waals surface area contributed by atoms with Crippen molar-refractivity contribution in [2.45, 2.75) is 25.4 Å². The molecule has 3 aromatic carbocycles. The van der Waals surface area contributed by atoms with Crippen molar-refractivity contribution in [3.05, 3.63) is 102 Å². The summed E-state index contributed by atoms with van der Waals surface area (Å²) in [5, 5.41) is 0. The van der Waals surface area contributed by atoms with E-state index in [0.29, 0.717) is 11.3 Å². The molecule has 0 N–H and O–H groups in total. The average Bonchev–Trinajstić information content (AvgIpc) is 3.15. The number of imide groups is 1. The first kappa shape index (κ1) is 21.5. The zero-order valence-corrected chi connectivity index (χ0v) is 19.2. The molecule has 4 aliphatic rings. The fourth-order valence-electron chi connectivity index (χ4n) is 6.16. The highest BCUT2D eigenvalue weighted by molar-refractivity contribution is 6.24. The lowest BCUT2D eigenvalue weighted by Crippen LogP contribution is -2.64. The second-order valence-electron chi connectivity index (χ2n) is 9.60. The average molecular weight is 465 g/mol. The van der Waals surface area contributed by atoms with E-state index in [1.165, 1.54) is 4.90 Å². The Morgan fingerprint density at radius 3 is 2.00 bits per heavy atom. The number of hydrogen-bond acceptors (Lipinski definition) is 4. The number of Topliss-reactive ketones (excluding diaryl/α,β-unsaturated/α-hetero) is 1. The smallest absolute Gasteiger partial charge is 0.254 e. The molecule has 5 atom stereocenters. The van der Waals surface area contributed by atoms with Crippen molar-refractivity contribution in [3.8, 4) is 0 Å². The lowest BCUT2D eigenvalue weighted by Gasteiger charge is -2.54. The van der Waals surface area contributed by atoms with Crippen LogP contribution in [-0.4, -0.2) is 34.4 Å². The summed E-state index contributed by atoms with van der Waals surface area (Å²) in [5.41, 5.74) is 2.83. The molecule has 6 heteroatoms. The Balaban J connectivity index is 1.50. The van der Waals surface area contributed by atoms with Gasteiger partial charge in [-0.25, -0.2) is 4.90 Å². The highest BCUT2D eigenvalue weighted by atomic mass is 16.2. The lowest BCUT2D eigenvalue weighted by atomic mass is 9.60. The number of nitrogens with zero attached hydrogens (tertiary/aromatic N) is 2. The first-order valence-corrected chi connectivity index (χ1v) is 11.9. The molecule has 6 nitrogen and oxygen atoms in total. The molecule has 35 heavy (non-hydrogen) atoms. The zero-order valence-electron chi connectivity index (χ0n) is 19.2. The van der Waals surface area contributed by atoms with Crippen molar-refractivity contribution in [2.24, 2.45) is 17.8 Å². The predicted octanol–water partition coefficient (Wildman–Crippen LogP) is 3.96. The number of rotatable bonds is 3. The number of benzene rings is 3. The highest BCUT2D eigenvalue weighted by Gasteiger charge is 2.67. The second-order valence-corrected chi connectivity index (χ2v) is 9.60. The van der Waals surface area contributed by atoms with E-state index in [0.717, 1.165) is 11.1 Å². The number of anilines is 1. The molecular formula is C29H24N2O4. The van der Waals surface area contributed by atoms with Gasteiger partial charge in [-0.1, -0.05) is 66.2 Å². The molecular weight excluding hydrogens is 440 g/mol. The molecule has 3 aliphatic heterocycles. The molecule has 0 aromatic heterocycles. The van der Waals surface area contributed by atoms with Crippen LogP contribution < -0.4 is 4.90 Å². The van der Waals surface area contributed by atoms with Gasteiger partial charge in [-0.3, -0.25) is 19.2 Å². The molecule has 1 unspecified atom stereocenters. The number of aryl methyl sites for hydroxylation is 1. The Bertz CT molecular complexity index is 1340. The molecule has 3 saturated heterocycles. The molecule has 2 bridgehead atoms. The third-order valence-electron chi connectivity index (χ3n) is 7.67. The number of carbonyl (C=O) groups excluding carboxylic acids is 4. The standard InChI is InChI=1S/C29H24N2O4/c1-17-12-14-19(15-13-17)27(33)31-21-16-22(32)24(26(31)18-8-4-2-5-9-18)25-23(21)28(34)30(29(25)35)20-10-6-3-7-11-20/h2-15,21,23-26H,16H2,1H3/t21-,23+,24+,25+,26?/m1/s1. The first-order chi connectivity index (χ1) is 17.0. The van der Waals surface area contributed by atoms with Gasteiger partial charge in [0.1, 0.15) is 5.78 Å². The van der Waals surface area contributed by atoms with Crippen LogP contribution in [-0.2, 0) is 14.4 Å². The maximum absolute atomic E-state index is 13.9. The van der Waals surface area contributed by atoms with E-state index in [1.54, 1.807) is 41.3 Å². The van der Waals surface area contributed by atoms with Crippen molar-refractivity contribution in [1.29, 1.82) is 0 Å². The van der Waals surface area contributed by atoms with Gasteiger partial charge in [0, 0.05) is 12.0 Å². The van der Waals surface area contributed by atoms with Crippen LogP contribution in [0.1, 0.15) is 33.9 Å². The normalized spacial score (nSPS) is 27.3. The molecule has 7 rings (SSSR count). The van der Waals surface area contributed by atoms with E-state index in [4.69, 9.17) is 0 Å². The highest BCUT2D eigenvalue weighted by Crippen LogP contribution is 2.55. The van der Waals surface area contributed by atoms with E-state index in [1.807, 2.05) is 55.5 Å². The molecule has 174 valence electrons. The van der Waals surface area contributed by atoms with Gasteiger partial charge in [-0.2, -0.15) is 0 Å². The van der Waals surface area contributed by atoms with Gasteiger partial charge < -0.3 is 4.90 Å². The fourth-order valence-corrected chi connectivity index (χ4v) is 6.16. The number of piperidine rings is 2. The predicted molar refractivity (Wildman–Crippen MR) is 129 cm³/mol. The Morgan fingerprint density at radius 1 is 0.743 bits per heavy atom. The van der Waals surface area contributed by atoms with Crippen LogP contribution in [0.25, 0.3) is 0 Å². The minimum absolute atomic E-state index is 0.0610. The SMILES string of the molecule is Cc1ccc(C(=O)N2C(c3ccccc3)[C@H]3C(=O)C[C@@H]2[C@@H]2C(=O)N(c4ccccc4)C(=O)[C@@H]23)cc1. The van der Waals surface area contributed by atoms with Crippen molar-refractivity contribution < 1.29 is 19.2 Å². The molecule has 0 spiro atoms. The van der Waals surface area contributed by atoms with Gasteiger partial charge in [0.05, 0.1) is 35.5 Å². The summed E-state index contributed by atoms with van der Waals surface area (Å²) in [4.78, 5) is 57.7. The van der Waals surface area contributed by atoms with Crippen LogP contribution in [0.3, 0.4) is 0 Å². The summed E-state index contributed by atoms with van der Waals surface area (Å²) in [6.45, 7) is 1.95. The monoisotopic (exact) mass is 464 g/mol. The number of fused-ring (bicyclic) bond motifs is 2. The number of para-hydroxylation sites is 1. The summed E-state index contributed by atoms with van der Waals surface area (Å²) >= 11 is 0. The topological polar surface area (TPSA) is 74.8 Å². The maximum atomic E-state index is 13.9. The number of amides is 3. The molecule has 3 heterocycles. The van der Waals surface area contributed by atoms with Gasteiger partial charge in [-0.15, -0.1) is 0 Å². The van der Waals surface area contributed by atoms with Gasteiger partial charge in [0.25, 0.3) is 5.91 Å². The summed E-state index contributed by atoms with van der Waals surface area (Å²) in [6.07, 6.45) is 0.0778. The van der Waals surface area contributed by atoms with Crippen molar-refractivity contribution in [2.75, 3.05) is 4.90 Å². The van der Waals surface area contributed by atoms with Gasteiger partial charge >= 0.3 is 0 Å². The van der Waals surface area contributed by atoms with E-state index < -0.39 is 29.8 Å². The van der Waals surface area contributed by atoms with Crippen LogP contribution in [0, 0.1) is 24.7 Å². The molecule has 0 radical (unpaired) electrons. The maximum Gasteiger partial charge on any atom is 0.254 e. The van der Waals surface area contributed by atoms with Gasteiger partial charge in [-0.05, 0) is 36.8 Å². The largest absolute Gasteiger partial charge is 0.327 e. The van der Waals surface area contributed by atoms with Crippen molar-refractivity contribution in [1.82, 2.24) is 4.90 Å². The van der Waals surface area contributed by atoms with Gasteiger partial charge in [0.15, 0.2) is 0 Å². The zero-order chi connectivity index (χ0) is 24.3.